The molecule has 1 aromatic carbocycles. The predicted octanol–water partition coefficient (Wildman–Crippen LogP) is 3.74. The van der Waals surface area contributed by atoms with Gasteiger partial charge in [-0.1, -0.05) is 18.2 Å². The van der Waals surface area contributed by atoms with Crippen molar-refractivity contribution >= 4 is 11.6 Å². The Morgan fingerprint density at radius 2 is 1.96 bits per heavy atom. The summed E-state index contributed by atoms with van der Waals surface area (Å²) in [4.78, 5) is 8.78. The van der Waals surface area contributed by atoms with E-state index in [1.54, 1.807) is 18.3 Å². The average molecular weight is 362 g/mol. The van der Waals surface area contributed by atoms with Crippen molar-refractivity contribution in [3.8, 4) is 11.3 Å². The van der Waals surface area contributed by atoms with Crippen LogP contribution in [0.25, 0.3) is 16.9 Å². The van der Waals surface area contributed by atoms with Crippen molar-refractivity contribution in [2.24, 2.45) is 0 Å². The number of rotatable bonds is 5. The third-order valence-electron chi connectivity index (χ3n) is 4.16. The van der Waals surface area contributed by atoms with Gasteiger partial charge in [0.2, 0.25) is 5.95 Å². The zero-order chi connectivity index (χ0) is 18.8. The fourth-order valence-corrected chi connectivity index (χ4v) is 2.88. The molecule has 0 aliphatic heterocycles. The number of benzene rings is 1. The lowest BCUT2D eigenvalue weighted by molar-refractivity contribution is 0.611. The zero-order valence-corrected chi connectivity index (χ0v) is 15.1. The largest absolute Gasteiger partial charge is 0.352 e. The van der Waals surface area contributed by atoms with Crippen molar-refractivity contribution in [2.75, 3.05) is 5.32 Å². The van der Waals surface area contributed by atoms with Gasteiger partial charge in [-0.15, -0.1) is 10.2 Å². The van der Waals surface area contributed by atoms with Crippen LogP contribution in [0, 0.1) is 5.82 Å². The smallest absolute Gasteiger partial charge is 0.223 e. The van der Waals surface area contributed by atoms with Gasteiger partial charge >= 0.3 is 0 Å². The second kappa shape index (κ2) is 7.11. The lowest BCUT2D eigenvalue weighted by atomic mass is 10.1. The quantitative estimate of drug-likeness (QED) is 0.586. The predicted molar refractivity (Wildman–Crippen MR) is 102 cm³/mol. The molecule has 0 saturated heterocycles. The van der Waals surface area contributed by atoms with Crippen LogP contribution in [0.4, 0.5) is 10.3 Å². The van der Waals surface area contributed by atoms with Crippen LogP contribution in [0.15, 0.2) is 54.9 Å². The highest BCUT2D eigenvalue weighted by Gasteiger charge is 2.11. The second-order valence-electron chi connectivity index (χ2n) is 6.59. The number of pyridine rings is 1. The van der Waals surface area contributed by atoms with Crippen LogP contribution in [-0.4, -0.2) is 30.6 Å². The van der Waals surface area contributed by atoms with Gasteiger partial charge < -0.3 is 5.32 Å². The van der Waals surface area contributed by atoms with Crippen molar-refractivity contribution in [1.82, 2.24) is 24.6 Å². The number of fused-ring (bicyclic) bond motifs is 1. The molecule has 6 nitrogen and oxygen atoms in total. The molecule has 0 aliphatic rings. The highest BCUT2D eigenvalue weighted by Crippen LogP contribution is 2.21. The minimum Gasteiger partial charge on any atom is -0.352 e. The molecular formula is C20H19FN6. The number of hydrogen-bond donors (Lipinski definition) is 1. The molecule has 0 atom stereocenters. The Hall–Kier alpha value is -3.35. The number of nitrogens with zero attached hydrogens (tertiary/aromatic N) is 5. The molecule has 27 heavy (non-hydrogen) atoms. The van der Waals surface area contributed by atoms with Gasteiger partial charge in [0.25, 0.3) is 0 Å². The average Bonchev–Trinajstić information content (AvgIpc) is 3.05. The summed E-state index contributed by atoms with van der Waals surface area (Å²) < 4.78 is 15.8. The third-order valence-corrected chi connectivity index (χ3v) is 4.16. The summed E-state index contributed by atoms with van der Waals surface area (Å²) in [6.45, 7) is 4.07. The SMILES string of the molecule is CC(C)Nc1nccc(-c2ccn3c(Cc4ccccc4F)nnc3c2)n1. The number of anilines is 1. The van der Waals surface area contributed by atoms with Gasteiger partial charge in [0, 0.05) is 30.4 Å². The first-order chi connectivity index (χ1) is 13.1. The van der Waals surface area contributed by atoms with Gasteiger partial charge in [-0.05, 0) is 43.7 Å². The molecule has 136 valence electrons. The molecule has 0 bridgehead atoms. The van der Waals surface area contributed by atoms with Crippen LogP contribution in [0.2, 0.25) is 0 Å². The minimum absolute atomic E-state index is 0.239. The molecule has 4 rings (SSSR count). The summed E-state index contributed by atoms with van der Waals surface area (Å²) in [7, 11) is 0. The standard InChI is InChI=1S/C20H19FN6/c1-13(2)23-20-22-9-7-17(24-20)15-8-10-27-18(25-26-19(27)12-15)11-14-5-3-4-6-16(14)21/h3-10,12-13H,11H2,1-2H3,(H,22,23,24). The van der Waals surface area contributed by atoms with E-state index in [0.29, 0.717) is 29.4 Å². The van der Waals surface area contributed by atoms with Gasteiger partial charge in [0.15, 0.2) is 5.65 Å². The van der Waals surface area contributed by atoms with E-state index in [4.69, 9.17) is 0 Å². The minimum atomic E-state index is -0.239. The molecule has 3 aromatic heterocycles. The molecule has 7 heteroatoms. The van der Waals surface area contributed by atoms with Gasteiger partial charge in [0.1, 0.15) is 11.6 Å². The molecule has 0 fully saturated rings. The maximum absolute atomic E-state index is 13.9. The molecule has 0 radical (unpaired) electrons. The Balaban J connectivity index is 1.65. The summed E-state index contributed by atoms with van der Waals surface area (Å²) in [6.07, 6.45) is 3.99. The van der Waals surface area contributed by atoms with E-state index in [1.165, 1.54) is 6.07 Å². The molecule has 1 N–H and O–H groups in total. The first-order valence-corrected chi connectivity index (χ1v) is 8.77. The van der Waals surface area contributed by atoms with E-state index in [-0.39, 0.29) is 11.9 Å². The summed E-state index contributed by atoms with van der Waals surface area (Å²) in [5.74, 6) is 1.03. The van der Waals surface area contributed by atoms with Gasteiger partial charge in [-0.3, -0.25) is 4.40 Å². The fraction of sp³-hybridized carbons (Fsp3) is 0.200. The van der Waals surface area contributed by atoms with Crippen LogP contribution in [0.1, 0.15) is 25.2 Å². The Kier molecular flexibility index (Phi) is 4.50. The number of aromatic nitrogens is 5. The van der Waals surface area contributed by atoms with Gasteiger partial charge in [-0.2, -0.15) is 0 Å². The van der Waals surface area contributed by atoms with Crippen molar-refractivity contribution < 1.29 is 4.39 Å². The summed E-state index contributed by atoms with van der Waals surface area (Å²) in [5, 5.41) is 11.7. The Bertz CT molecular complexity index is 1090. The van der Waals surface area contributed by atoms with Crippen LogP contribution >= 0.6 is 0 Å². The van der Waals surface area contributed by atoms with Crippen molar-refractivity contribution in [3.63, 3.8) is 0 Å². The molecule has 4 aromatic rings. The van der Waals surface area contributed by atoms with E-state index >= 15 is 0 Å². The molecule has 0 amide bonds. The van der Waals surface area contributed by atoms with Crippen LogP contribution in [0.5, 0.6) is 0 Å². The highest BCUT2D eigenvalue weighted by atomic mass is 19.1. The number of halogens is 1. The van der Waals surface area contributed by atoms with Crippen LogP contribution in [0.3, 0.4) is 0 Å². The van der Waals surface area contributed by atoms with E-state index < -0.39 is 0 Å². The van der Waals surface area contributed by atoms with E-state index in [2.05, 4.69) is 25.5 Å². The highest BCUT2D eigenvalue weighted by molar-refractivity contribution is 5.64. The zero-order valence-electron chi connectivity index (χ0n) is 15.1. The first-order valence-electron chi connectivity index (χ1n) is 8.77. The lowest BCUT2D eigenvalue weighted by Gasteiger charge is -2.09. The van der Waals surface area contributed by atoms with E-state index in [1.807, 2.05) is 48.7 Å². The van der Waals surface area contributed by atoms with E-state index in [0.717, 1.165) is 11.3 Å². The Labute approximate surface area is 156 Å². The molecule has 3 heterocycles. The molecule has 0 spiro atoms. The Morgan fingerprint density at radius 3 is 2.78 bits per heavy atom. The lowest BCUT2D eigenvalue weighted by Crippen LogP contribution is -2.12. The van der Waals surface area contributed by atoms with Gasteiger partial charge in [-0.25, -0.2) is 14.4 Å². The van der Waals surface area contributed by atoms with Crippen molar-refractivity contribution in [3.05, 3.63) is 72.1 Å². The first kappa shape index (κ1) is 17.1. The second-order valence-corrected chi connectivity index (χ2v) is 6.59. The van der Waals surface area contributed by atoms with Crippen molar-refractivity contribution in [2.45, 2.75) is 26.3 Å². The van der Waals surface area contributed by atoms with Crippen LogP contribution in [-0.2, 0) is 6.42 Å². The van der Waals surface area contributed by atoms with Gasteiger partial charge in [0.05, 0.1) is 5.69 Å². The molecule has 0 unspecified atom stereocenters. The third kappa shape index (κ3) is 3.62. The maximum Gasteiger partial charge on any atom is 0.223 e. The number of hydrogen-bond acceptors (Lipinski definition) is 5. The summed E-state index contributed by atoms with van der Waals surface area (Å²) in [6, 6.07) is 12.7. The Morgan fingerprint density at radius 1 is 1.11 bits per heavy atom. The number of nitrogens with one attached hydrogen (secondary N) is 1. The fourth-order valence-electron chi connectivity index (χ4n) is 2.88. The van der Waals surface area contributed by atoms with Crippen LogP contribution < -0.4 is 5.32 Å². The topological polar surface area (TPSA) is 68.0 Å². The van der Waals surface area contributed by atoms with E-state index in [9.17, 15) is 4.39 Å². The molecular weight excluding hydrogens is 343 g/mol. The summed E-state index contributed by atoms with van der Waals surface area (Å²) >= 11 is 0. The maximum atomic E-state index is 13.9. The molecule has 0 aliphatic carbocycles. The summed E-state index contributed by atoms with van der Waals surface area (Å²) in [5.41, 5.74) is 3.00. The monoisotopic (exact) mass is 362 g/mol. The van der Waals surface area contributed by atoms with Crippen molar-refractivity contribution in [1.29, 1.82) is 0 Å². The molecule has 0 saturated carbocycles. The normalized spacial score (nSPS) is 11.3.